The molecule has 6 heteroatoms. The summed E-state index contributed by atoms with van der Waals surface area (Å²) in [5, 5.41) is 0.751. The highest BCUT2D eigenvalue weighted by Gasteiger charge is 2.20. The summed E-state index contributed by atoms with van der Waals surface area (Å²) >= 11 is 5.07. The van der Waals surface area contributed by atoms with E-state index >= 15 is 0 Å². The normalized spacial score (nSPS) is 11.2. The first-order valence-electron chi connectivity index (χ1n) is 10.1. The topological polar surface area (TPSA) is 36.4 Å². The van der Waals surface area contributed by atoms with Crippen LogP contribution < -0.4 is 4.90 Å². The fourth-order valence-electron chi connectivity index (χ4n) is 3.34. The maximum absolute atomic E-state index is 13.3. The van der Waals surface area contributed by atoms with E-state index in [4.69, 9.17) is 4.98 Å². The number of carbonyl (C=O) groups excluding carboxylic acids is 1. The summed E-state index contributed by atoms with van der Waals surface area (Å²) < 4.78 is 2.08. The number of hydrogen-bond acceptors (Lipinski definition) is 4. The van der Waals surface area contributed by atoms with Crippen LogP contribution in [0, 0.1) is 0 Å². The number of nitrogens with zero attached hydrogens (tertiary/aromatic N) is 3. The number of amides is 1. The van der Waals surface area contributed by atoms with E-state index < -0.39 is 0 Å². The summed E-state index contributed by atoms with van der Waals surface area (Å²) in [5.74, 6) is 0.0624. The van der Waals surface area contributed by atoms with Crippen LogP contribution in [0.2, 0.25) is 0 Å². The van der Waals surface area contributed by atoms with Crippen molar-refractivity contribution in [3.63, 3.8) is 0 Å². The minimum absolute atomic E-state index is 0.0624. The molecule has 4 rings (SSSR count). The van der Waals surface area contributed by atoms with Gasteiger partial charge in [-0.15, -0.1) is 0 Å². The summed E-state index contributed by atoms with van der Waals surface area (Å²) in [6.07, 6.45) is 0.349. The average Bonchev–Trinajstić information content (AvgIpc) is 3.17. The lowest BCUT2D eigenvalue weighted by Gasteiger charge is -2.22. The van der Waals surface area contributed by atoms with Crippen LogP contribution in [0.3, 0.4) is 0 Å². The number of anilines is 1. The van der Waals surface area contributed by atoms with Gasteiger partial charge in [0.1, 0.15) is 0 Å². The molecule has 0 unspecified atom stereocenters. The molecule has 0 atom stereocenters. The van der Waals surface area contributed by atoms with Gasteiger partial charge in [0, 0.05) is 17.6 Å². The molecule has 0 fully saturated rings. The Hall–Kier alpha value is -2.54. The van der Waals surface area contributed by atoms with Gasteiger partial charge in [-0.1, -0.05) is 81.9 Å². The van der Waals surface area contributed by atoms with E-state index in [2.05, 4.69) is 45.1 Å². The summed E-state index contributed by atoms with van der Waals surface area (Å²) in [7, 11) is 4.03. The first kappa shape index (κ1) is 21.7. The summed E-state index contributed by atoms with van der Waals surface area (Å²) in [5.41, 5.74) is 4.24. The number of aromatic nitrogens is 1. The predicted octanol–water partition coefficient (Wildman–Crippen LogP) is 5.86. The molecule has 4 nitrogen and oxygen atoms in total. The molecule has 0 saturated heterocycles. The maximum atomic E-state index is 13.3. The summed E-state index contributed by atoms with van der Waals surface area (Å²) in [6, 6.07) is 24.5. The van der Waals surface area contributed by atoms with Gasteiger partial charge in [-0.25, -0.2) is 4.98 Å². The second kappa shape index (κ2) is 9.73. The Kier molecular flexibility index (Phi) is 6.80. The predicted molar refractivity (Wildman–Crippen MR) is 134 cm³/mol. The molecule has 158 valence electrons. The van der Waals surface area contributed by atoms with Crippen molar-refractivity contribution < 1.29 is 4.79 Å². The average molecular weight is 494 g/mol. The molecule has 0 aliphatic heterocycles. The lowest BCUT2D eigenvalue weighted by Crippen LogP contribution is -2.37. The zero-order valence-electron chi connectivity index (χ0n) is 17.6. The van der Waals surface area contributed by atoms with Gasteiger partial charge in [0.05, 0.1) is 16.6 Å². The van der Waals surface area contributed by atoms with E-state index in [1.165, 1.54) is 5.56 Å². The third-order valence-corrected chi connectivity index (χ3v) is 6.59. The van der Waals surface area contributed by atoms with E-state index in [-0.39, 0.29) is 5.91 Å². The Balaban J connectivity index is 1.55. The Labute approximate surface area is 195 Å². The van der Waals surface area contributed by atoms with E-state index in [9.17, 15) is 4.79 Å². The van der Waals surface area contributed by atoms with Gasteiger partial charge in [-0.05, 0) is 49.0 Å². The highest BCUT2D eigenvalue weighted by molar-refractivity contribution is 9.10. The van der Waals surface area contributed by atoms with Crippen molar-refractivity contribution >= 4 is 48.5 Å². The highest BCUT2D eigenvalue weighted by atomic mass is 79.9. The number of fused-ring (bicyclic) bond motifs is 1. The number of thiazole rings is 1. The van der Waals surface area contributed by atoms with E-state index in [1.54, 1.807) is 11.3 Å². The quantitative estimate of drug-likeness (QED) is 0.323. The smallest absolute Gasteiger partial charge is 0.233 e. The van der Waals surface area contributed by atoms with Crippen molar-refractivity contribution in [2.75, 3.05) is 32.1 Å². The fourth-order valence-corrected chi connectivity index (χ4v) is 4.91. The molecule has 0 saturated carbocycles. The number of benzene rings is 3. The number of likely N-dealkylation sites (N-methyl/N-ethyl adjacent to an activating group) is 1. The van der Waals surface area contributed by atoms with Crippen LogP contribution in [0.4, 0.5) is 5.13 Å². The lowest BCUT2D eigenvalue weighted by atomic mass is 10.0. The van der Waals surface area contributed by atoms with Gasteiger partial charge in [-0.3, -0.25) is 9.69 Å². The molecule has 0 aliphatic rings. The van der Waals surface area contributed by atoms with Crippen LogP contribution in [-0.4, -0.2) is 43.0 Å². The summed E-state index contributed by atoms with van der Waals surface area (Å²) in [4.78, 5) is 21.9. The number of hydrogen-bond donors (Lipinski definition) is 0. The van der Waals surface area contributed by atoms with Crippen molar-refractivity contribution in [1.29, 1.82) is 0 Å². The van der Waals surface area contributed by atoms with Crippen molar-refractivity contribution in [1.82, 2.24) is 9.88 Å². The Morgan fingerprint density at radius 3 is 2.35 bits per heavy atom. The van der Waals surface area contributed by atoms with Crippen LogP contribution in [0.1, 0.15) is 5.56 Å². The standard InChI is InChI=1S/C25H24BrN3OS/c1-28(2)14-15-29(25-27-22-13-12-21(26)17-23(22)31-25)24(30)16-18-8-10-20(11-9-18)19-6-4-3-5-7-19/h3-13,17H,14-16H2,1-2H3. The van der Waals surface area contributed by atoms with Gasteiger partial charge in [0.15, 0.2) is 5.13 Å². The number of halogens is 1. The summed E-state index contributed by atoms with van der Waals surface area (Å²) in [6.45, 7) is 1.38. The van der Waals surface area contributed by atoms with E-state index in [0.29, 0.717) is 13.0 Å². The molecule has 1 amide bonds. The molecule has 4 aromatic rings. The first-order valence-corrected chi connectivity index (χ1v) is 11.8. The van der Waals surface area contributed by atoms with Gasteiger partial charge >= 0.3 is 0 Å². The van der Waals surface area contributed by atoms with Crippen LogP contribution in [0.15, 0.2) is 77.3 Å². The minimum Gasteiger partial charge on any atom is -0.308 e. The largest absolute Gasteiger partial charge is 0.308 e. The zero-order valence-corrected chi connectivity index (χ0v) is 20.0. The third-order valence-electron chi connectivity index (χ3n) is 5.06. The molecular weight excluding hydrogens is 470 g/mol. The van der Waals surface area contributed by atoms with Gasteiger partial charge in [0.2, 0.25) is 5.91 Å². The second-order valence-electron chi connectivity index (χ2n) is 7.70. The molecule has 0 aliphatic carbocycles. The van der Waals surface area contributed by atoms with Crippen LogP contribution in [0.25, 0.3) is 21.3 Å². The SMILES string of the molecule is CN(C)CCN(C(=O)Cc1ccc(-c2ccccc2)cc1)c1nc2ccc(Br)cc2s1. The molecule has 1 aromatic heterocycles. The van der Waals surface area contributed by atoms with Crippen molar-refractivity contribution in [2.45, 2.75) is 6.42 Å². The Morgan fingerprint density at radius 1 is 0.935 bits per heavy atom. The first-order chi connectivity index (χ1) is 15.0. The monoisotopic (exact) mass is 493 g/mol. The van der Waals surface area contributed by atoms with Crippen LogP contribution >= 0.6 is 27.3 Å². The molecule has 31 heavy (non-hydrogen) atoms. The molecule has 0 spiro atoms. The van der Waals surface area contributed by atoms with Crippen molar-refractivity contribution in [3.05, 3.63) is 82.8 Å². The highest BCUT2D eigenvalue weighted by Crippen LogP contribution is 2.31. The minimum atomic E-state index is 0.0624. The third kappa shape index (κ3) is 5.39. The maximum Gasteiger partial charge on any atom is 0.233 e. The van der Waals surface area contributed by atoms with Gasteiger partial charge in [-0.2, -0.15) is 0 Å². The Bertz CT molecular complexity index is 1170. The molecule has 0 radical (unpaired) electrons. The van der Waals surface area contributed by atoms with Crippen LogP contribution in [-0.2, 0) is 11.2 Å². The molecule has 1 heterocycles. The van der Waals surface area contributed by atoms with Gasteiger partial charge in [0.25, 0.3) is 0 Å². The second-order valence-corrected chi connectivity index (χ2v) is 9.62. The molecular formula is C25H24BrN3OS. The number of rotatable bonds is 7. The Morgan fingerprint density at radius 2 is 1.65 bits per heavy atom. The molecule has 0 bridgehead atoms. The van der Waals surface area contributed by atoms with Crippen LogP contribution in [0.5, 0.6) is 0 Å². The van der Waals surface area contributed by atoms with E-state index in [0.717, 1.165) is 37.5 Å². The van der Waals surface area contributed by atoms with Crippen molar-refractivity contribution in [2.24, 2.45) is 0 Å². The van der Waals surface area contributed by atoms with Crippen molar-refractivity contribution in [3.8, 4) is 11.1 Å². The zero-order chi connectivity index (χ0) is 21.8. The fraction of sp³-hybridized carbons (Fsp3) is 0.200. The molecule has 0 N–H and O–H groups in total. The number of carbonyl (C=O) groups is 1. The van der Waals surface area contributed by atoms with E-state index in [1.807, 2.05) is 67.5 Å². The van der Waals surface area contributed by atoms with Gasteiger partial charge < -0.3 is 4.90 Å². The lowest BCUT2D eigenvalue weighted by molar-refractivity contribution is -0.118. The molecule has 3 aromatic carbocycles.